The molecule has 0 aliphatic rings. The lowest BCUT2D eigenvalue weighted by Crippen LogP contribution is -2.47. The van der Waals surface area contributed by atoms with E-state index < -0.39 is 24.1 Å². The fourth-order valence-corrected chi connectivity index (χ4v) is 1.41. The first kappa shape index (κ1) is 15.0. The van der Waals surface area contributed by atoms with Crippen molar-refractivity contribution in [1.29, 1.82) is 0 Å². The molecule has 1 rings (SSSR count). The van der Waals surface area contributed by atoms with Crippen LogP contribution in [0, 0.1) is 0 Å². The Hall–Kier alpha value is -2.06. The van der Waals surface area contributed by atoms with Crippen LogP contribution in [0.1, 0.15) is 12.0 Å². The summed E-state index contributed by atoms with van der Waals surface area (Å²) >= 11 is 0. The second-order valence-corrected chi connectivity index (χ2v) is 3.92. The van der Waals surface area contributed by atoms with Gasteiger partial charge in [0.25, 0.3) is 0 Å². The van der Waals surface area contributed by atoms with E-state index in [1.807, 2.05) is 0 Å². The molecule has 2 N–H and O–H groups in total. The van der Waals surface area contributed by atoms with Crippen molar-refractivity contribution in [3.63, 3.8) is 0 Å². The summed E-state index contributed by atoms with van der Waals surface area (Å²) in [5.74, 6) is -3.77. The predicted molar refractivity (Wildman–Crippen MR) is 57.2 cm³/mol. The van der Waals surface area contributed by atoms with Crippen LogP contribution in [-0.2, 0) is 23.1 Å². The zero-order chi connectivity index (χ0) is 14.6. The molecule has 1 aromatic rings. The van der Waals surface area contributed by atoms with Gasteiger partial charge in [-0.25, -0.2) is 4.79 Å². The third-order valence-corrected chi connectivity index (χ3v) is 2.34. The van der Waals surface area contributed by atoms with Crippen LogP contribution in [0.5, 0.6) is 0 Å². The number of hydrogen-bond donors (Lipinski definition) is 2. The highest BCUT2D eigenvalue weighted by molar-refractivity contribution is 5.86. The van der Waals surface area contributed by atoms with Gasteiger partial charge in [-0.05, 0) is 18.4 Å². The van der Waals surface area contributed by atoms with E-state index in [1.54, 1.807) is 13.2 Å². The summed E-state index contributed by atoms with van der Waals surface area (Å²) in [4.78, 5) is 21.5. The molecule has 106 valence electrons. The summed E-state index contributed by atoms with van der Waals surface area (Å²) in [6.07, 6.45) is -1.96. The van der Waals surface area contributed by atoms with Crippen molar-refractivity contribution in [3.8, 4) is 0 Å². The van der Waals surface area contributed by atoms with E-state index in [-0.39, 0.29) is 12.8 Å². The molecule has 6 nitrogen and oxygen atoms in total. The summed E-state index contributed by atoms with van der Waals surface area (Å²) < 4.78 is 37.5. The molecule has 0 radical (unpaired) electrons. The minimum atomic E-state index is -5.10. The molecule has 1 heterocycles. The van der Waals surface area contributed by atoms with Crippen LogP contribution in [0.2, 0.25) is 0 Å². The van der Waals surface area contributed by atoms with Gasteiger partial charge in [0.2, 0.25) is 0 Å². The standard InChI is InChI=1S/C10H12F3N3O3/c1-16-5-6(4-14-16)2-3-7(8(17)18)15-9(19)10(11,12)13/h4-5,7H,2-3H2,1H3,(H,15,19)(H,17,18). The number of carboxylic acids is 1. The number of nitrogens with one attached hydrogen (secondary N) is 1. The zero-order valence-electron chi connectivity index (χ0n) is 9.94. The maximum Gasteiger partial charge on any atom is 0.471 e. The zero-order valence-corrected chi connectivity index (χ0v) is 9.94. The van der Waals surface area contributed by atoms with Crippen molar-refractivity contribution < 1.29 is 27.9 Å². The number of nitrogens with zero attached hydrogens (tertiary/aromatic N) is 2. The van der Waals surface area contributed by atoms with E-state index in [1.165, 1.54) is 16.2 Å². The van der Waals surface area contributed by atoms with Crippen molar-refractivity contribution in [3.05, 3.63) is 18.0 Å². The molecule has 1 atom stereocenters. The second-order valence-electron chi connectivity index (χ2n) is 3.92. The van der Waals surface area contributed by atoms with Crippen LogP contribution in [0.15, 0.2) is 12.4 Å². The number of carbonyl (C=O) groups excluding carboxylic acids is 1. The molecule has 0 aliphatic carbocycles. The van der Waals surface area contributed by atoms with Crippen molar-refractivity contribution in [1.82, 2.24) is 15.1 Å². The lowest BCUT2D eigenvalue weighted by atomic mass is 10.1. The van der Waals surface area contributed by atoms with E-state index in [2.05, 4.69) is 5.10 Å². The number of hydrogen-bond acceptors (Lipinski definition) is 3. The molecular weight excluding hydrogens is 267 g/mol. The molecule has 0 aliphatic heterocycles. The van der Waals surface area contributed by atoms with Gasteiger partial charge in [0, 0.05) is 13.2 Å². The number of carboxylic acid groups (broad SMARTS) is 1. The number of halogens is 3. The Morgan fingerprint density at radius 2 is 2.16 bits per heavy atom. The largest absolute Gasteiger partial charge is 0.480 e. The van der Waals surface area contributed by atoms with Crippen molar-refractivity contribution >= 4 is 11.9 Å². The van der Waals surface area contributed by atoms with Crippen LogP contribution >= 0.6 is 0 Å². The monoisotopic (exact) mass is 279 g/mol. The Kier molecular flexibility index (Phi) is 4.52. The fourth-order valence-electron chi connectivity index (χ4n) is 1.41. The SMILES string of the molecule is Cn1cc(CCC(NC(=O)C(F)(F)F)C(=O)O)cn1. The van der Waals surface area contributed by atoms with Gasteiger partial charge >= 0.3 is 18.1 Å². The van der Waals surface area contributed by atoms with Crippen LogP contribution < -0.4 is 5.32 Å². The highest BCUT2D eigenvalue weighted by atomic mass is 19.4. The van der Waals surface area contributed by atoms with Gasteiger partial charge in [-0.2, -0.15) is 18.3 Å². The van der Waals surface area contributed by atoms with Gasteiger partial charge in [0.15, 0.2) is 0 Å². The van der Waals surface area contributed by atoms with Gasteiger partial charge in [0.1, 0.15) is 6.04 Å². The van der Waals surface area contributed by atoms with Gasteiger partial charge in [-0.15, -0.1) is 0 Å². The Labute approximate surface area is 106 Å². The number of carbonyl (C=O) groups is 2. The third-order valence-electron chi connectivity index (χ3n) is 2.34. The first-order chi connectivity index (χ1) is 8.70. The first-order valence-electron chi connectivity index (χ1n) is 5.28. The van der Waals surface area contributed by atoms with Crippen LogP contribution in [0.4, 0.5) is 13.2 Å². The molecule has 19 heavy (non-hydrogen) atoms. The molecule has 1 unspecified atom stereocenters. The summed E-state index contributed by atoms with van der Waals surface area (Å²) in [6.45, 7) is 0. The maximum atomic E-state index is 12.0. The fraction of sp³-hybridized carbons (Fsp3) is 0.500. The minimum absolute atomic E-state index is 0.150. The number of rotatable bonds is 5. The number of aryl methyl sites for hydroxylation is 2. The molecular formula is C10H12F3N3O3. The average Bonchev–Trinajstić information content (AvgIpc) is 2.68. The van der Waals surface area contributed by atoms with E-state index in [0.717, 1.165) is 0 Å². The van der Waals surface area contributed by atoms with Gasteiger partial charge in [0.05, 0.1) is 6.20 Å². The van der Waals surface area contributed by atoms with Gasteiger partial charge in [-0.3, -0.25) is 9.48 Å². The summed E-state index contributed by atoms with van der Waals surface area (Å²) in [7, 11) is 1.66. The van der Waals surface area contributed by atoms with Crippen LogP contribution in [0.3, 0.4) is 0 Å². The Morgan fingerprint density at radius 1 is 1.53 bits per heavy atom. The van der Waals surface area contributed by atoms with Crippen LogP contribution in [0.25, 0.3) is 0 Å². The van der Waals surface area contributed by atoms with E-state index in [9.17, 15) is 22.8 Å². The molecule has 0 spiro atoms. The van der Waals surface area contributed by atoms with Gasteiger partial charge < -0.3 is 10.4 Å². The Balaban J connectivity index is 2.59. The average molecular weight is 279 g/mol. The first-order valence-corrected chi connectivity index (χ1v) is 5.28. The predicted octanol–water partition coefficient (Wildman–Crippen LogP) is 0.484. The number of aliphatic carboxylic acids is 1. The van der Waals surface area contributed by atoms with Crippen molar-refractivity contribution in [2.75, 3.05) is 0 Å². The summed E-state index contributed by atoms with van der Waals surface area (Å²) in [5.41, 5.74) is 0.676. The Bertz CT molecular complexity index is 470. The smallest absolute Gasteiger partial charge is 0.471 e. The highest BCUT2D eigenvalue weighted by Gasteiger charge is 2.40. The molecule has 0 aromatic carbocycles. The maximum absolute atomic E-state index is 12.0. The van der Waals surface area contributed by atoms with Crippen LogP contribution in [-0.4, -0.2) is 39.0 Å². The number of amides is 1. The molecule has 0 saturated carbocycles. The molecule has 0 bridgehead atoms. The van der Waals surface area contributed by atoms with E-state index in [0.29, 0.717) is 5.56 Å². The van der Waals surface area contributed by atoms with E-state index in [4.69, 9.17) is 5.11 Å². The summed E-state index contributed by atoms with van der Waals surface area (Å²) in [5, 5.41) is 14.1. The topological polar surface area (TPSA) is 84.2 Å². The normalized spacial score (nSPS) is 13.1. The lowest BCUT2D eigenvalue weighted by Gasteiger charge is -2.15. The third kappa shape index (κ3) is 4.60. The molecule has 9 heteroatoms. The molecule has 0 fully saturated rings. The van der Waals surface area contributed by atoms with Gasteiger partial charge in [-0.1, -0.05) is 0 Å². The number of alkyl halides is 3. The highest BCUT2D eigenvalue weighted by Crippen LogP contribution is 2.15. The summed E-state index contributed by atoms with van der Waals surface area (Å²) in [6, 6.07) is -1.59. The van der Waals surface area contributed by atoms with Crippen molar-refractivity contribution in [2.24, 2.45) is 7.05 Å². The molecule has 0 saturated heterocycles. The van der Waals surface area contributed by atoms with E-state index >= 15 is 0 Å². The quantitative estimate of drug-likeness (QED) is 0.821. The lowest BCUT2D eigenvalue weighted by molar-refractivity contribution is -0.175. The molecule has 1 amide bonds. The minimum Gasteiger partial charge on any atom is -0.480 e. The van der Waals surface area contributed by atoms with Crippen molar-refractivity contribution in [2.45, 2.75) is 25.1 Å². The second kappa shape index (κ2) is 5.72. The number of aromatic nitrogens is 2. The molecule has 1 aromatic heterocycles. The Morgan fingerprint density at radius 3 is 2.58 bits per heavy atom.